The number of aromatic nitrogens is 3. The predicted molar refractivity (Wildman–Crippen MR) is 118 cm³/mol. The van der Waals surface area contributed by atoms with Gasteiger partial charge in [-0.15, -0.1) is 0 Å². The van der Waals surface area contributed by atoms with Crippen molar-refractivity contribution >= 4 is 0 Å². The molecule has 0 fully saturated rings. The first-order chi connectivity index (χ1) is 14.4. The van der Waals surface area contributed by atoms with Crippen molar-refractivity contribution in [2.45, 2.75) is 0 Å². The molecule has 0 radical (unpaired) electrons. The number of benzene rings is 3. The molecular formula is C26H19N3. The van der Waals surface area contributed by atoms with Gasteiger partial charge in [-0.3, -0.25) is 0 Å². The largest absolute Gasteiger partial charge is 0.237 e. The minimum atomic E-state index is 0.811. The van der Waals surface area contributed by atoms with E-state index in [4.69, 9.17) is 5.10 Å². The maximum absolute atomic E-state index is 4.70. The van der Waals surface area contributed by atoms with E-state index in [1.807, 2.05) is 36.5 Å². The first-order valence-corrected chi connectivity index (χ1v) is 9.60. The van der Waals surface area contributed by atoms with E-state index in [1.54, 1.807) is 10.9 Å². The molecule has 3 heteroatoms. The SMILES string of the molecule is c1ccc(-c2cccc(-c3cccc(-c4ccn(-c5ccccn5)n4)c3)c2)cc1. The number of pyridine rings is 1. The second-order valence-corrected chi connectivity index (χ2v) is 6.86. The molecule has 5 aromatic rings. The molecule has 0 bridgehead atoms. The van der Waals surface area contributed by atoms with Crippen LogP contribution in [-0.2, 0) is 0 Å². The number of nitrogens with zero attached hydrogens (tertiary/aromatic N) is 3. The van der Waals surface area contributed by atoms with Gasteiger partial charge in [0.05, 0.1) is 5.69 Å². The minimum Gasteiger partial charge on any atom is -0.237 e. The Balaban J connectivity index is 1.49. The Bertz CT molecular complexity index is 1240. The van der Waals surface area contributed by atoms with E-state index < -0.39 is 0 Å². The van der Waals surface area contributed by atoms with Crippen molar-refractivity contribution in [3.05, 3.63) is 116 Å². The van der Waals surface area contributed by atoms with Gasteiger partial charge in [0.1, 0.15) is 0 Å². The normalized spacial score (nSPS) is 10.8. The lowest BCUT2D eigenvalue weighted by Gasteiger charge is -2.07. The Hall–Kier alpha value is -3.98. The van der Waals surface area contributed by atoms with E-state index in [-0.39, 0.29) is 0 Å². The zero-order valence-corrected chi connectivity index (χ0v) is 15.8. The summed E-state index contributed by atoms with van der Waals surface area (Å²) < 4.78 is 1.80. The summed E-state index contributed by atoms with van der Waals surface area (Å²) >= 11 is 0. The lowest BCUT2D eigenvalue weighted by atomic mass is 9.97. The number of hydrogen-bond acceptors (Lipinski definition) is 2. The van der Waals surface area contributed by atoms with Crippen LogP contribution in [0.2, 0.25) is 0 Å². The molecule has 29 heavy (non-hydrogen) atoms. The Morgan fingerprint density at radius 3 is 1.86 bits per heavy atom. The van der Waals surface area contributed by atoms with Gasteiger partial charge in [0.15, 0.2) is 5.82 Å². The van der Waals surface area contributed by atoms with Gasteiger partial charge in [-0.2, -0.15) is 5.10 Å². The molecule has 0 aliphatic rings. The van der Waals surface area contributed by atoms with Crippen LogP contribution in [0.15, 0.2) is 116 Å². The second kappa shape index (κ2) is 7.56. The van der Waals surface area contributed by atoms with Gasteiger partial charge >= 0.3 is 0 Å². The summed E-state index contributed by atoms with van der Waals surface area (Å²) in [5.41, 5.74) is 6.82. The van der Waals surface area contributed by atoms with E-state index in [9.17, 15) is 0 Å². The highest BCUT2D eigenvalue weighted by Crippen LogP contribution is 2.29. The van der Waals surface area contributed by atoms with E-state index in [2.05, 4.69) is 77.8 Å². The fourth-order valence-electron chi connectivity index (χ4n) is 3.46. The molecule has 0 saturated carbocycles. The van der Waals surface area contributed by atoms with Crippen LogP contribution < -0.4 is 0 Å². The fourth-order valence-corrected chi connectivity index (χ4v) is 3.46. The molecule has 0 aliphatic heterocycles. The highest BCUT2D eigenvalue weighted by atomic mass is 15.3. The Kier molecular flexibility index (Phi) is 4.47. The fraction of sp³-hybridized carbons (Fsp3) is 0. The molecule has 0 spiro atoms. The van der Waals surface area contributed by atoms with Crippen molar-refractivity contribution in [2.24, 2.45) is 0 Å². The standard InChI is InChI=1S/C26H19N3/c1-2-8-20(9-3-1)21-10-6-11-22(18-21)23-12-7-13-24(19-23)25-15-17-29(28-25)26-14-4-5-16-27-26/h1-19H. The first-order valence-electron chi connectivity index (χ1n) is 9.60. The highest BCUT2D eigenvalue weighted by molar-refractivity contribution is 5.76. The van der Waals surface area contributed by atoms with Crippen LogP contribution in [0.5, 0.6) is 0 Å². The third kappa shape index (κ3) is 3.58. The maximum Gasteiger partial charge on any atom is 0.153 e. The summed E-state index contributed by atoms with van der Waals surface area (Å²) in [5.74, 6) is 0.811. The summed E-state index contributed by atoms with van der Waals surface area (Å²) in [6, 6.07) is 35.5. The lowest BCUT2D eigenvalue weighted by molar-refractivity contribution is 0.850. The quantitative estimate of drug-likeness (QED) is 0.372. The Morgan fingerprint density at radius 2 is 1.14 bits per heavy atom. The monoisotopic (exact) mass is 373 g/mol. The van der Waals surface area contributed by atoms with Crippen LogP contribution in [0, 0.1) is 0 Å². The third-order valence-corrected chi connectivity index (χ3v) is 4.93. The predicted octanol–water partition coefficient (Wildman–Crippen LogP) is 6.27. The van der Waals surface area contributed by atoms with Crippen LogP contribution in [-0.4, -0.2) is 14.8 Å². The Labute approximate surface area is 169 Å². The van der Waals surface area contributed by atoms with Gasteiger partial charge < -0.3 is 0 Å². The number of hydrogen-bond donors (Lipinski definition) is 0. The molecule has 0 atom stereocenters. The smallest absolute Gasteiger partial charge is 0.153 e. The molecule has 138 valence electrons. The van der Waals surface area contributed by atoms with E-state index in [0.29, 0.717) is 0 Å². The van der Waals surface area contributed by atoms with Crippen molar-refractivity contribution in [2.75, 3.05) is 0 Å². The van der Waals surface area contributed by atoms with Gasteiger partial charge in [0, 0.05) is 18.0 Å². The summed E-state index contributed by atoms with van der Waals surface area (Å²) in [6.07, 6.45) is 3.72. The highest BCUT2D eigenvalue weighted by Gasteiger charge is 2.07. The topological polar surface area (TPSA) is 30.7 Å². The molecule has 5 rings (SSSR count). The van der Waals surface area contributed by atoms with Crippen LogP contribution in [0.3, 0.4) is 0 Å². The average molecular weight is 373 g/mol. The van der Waals surface area contributed by atoms with Gasteiger partial charge in [0.25, 0.3) is 0 Å². The van der Waals surface area contributed by atoms with Crippen molar-refractivity contribution in [1.82, 2.24) is 14.8 Å². The summed E-state index contributed by atoms with van der Waals surface area (Å²) in [4.78, 5) is 4.36. The third-order valence-electron chi connectivity index (χ3n) is 4.93. The van der Waals surface area contributed by atoms with Crippen molar-refractivity contribution < 1.29 is 0 Å². The van der Waals surface area contributed by atoms with Crippen LogP contribution in [0.4, 0.5) is 0 Å². The van der Waals surface area contributed by atoms with Gasteiger partial charge in [-0.1, -0.05) is 72.8 Å². The van der Waals surface area contributed by atoms with Gasteiger partial charge in [-0.05, 0) is 52.6 Å². The first kappa shape index (κ1) is 17.1. The molecular weight excluding hydrogens is 354 g/mol. The van der Waals surface area contributed by atoms with Gasteiger partial charge in [0.2, 0.25) is 0 Å². The molecule has 0 N–H and O–H groups in total. The second-order valence-electron chi connectivity index (χ2n) is 6.86. The average Bonchev–Trinajstić information content (AvgIpc) is 3.31. The van der Waals surface area contributed by atoms with Gasteiger partial charge in [-0.25, -0.2) is 9.67 Å². The molecule has 0 unspecified atom stereocenters. The Morgan fingerprint density at radius 1 is 0.517 bits per heavy atom. The van der Waals surface area contributed by atoms with Crippen molar-refractivity contribution in [3.63, 3.8) is 0 Å². The zero-order chi connectivity index (χ0) is 19.5. The molecule has 3 aromatic carbocycles. The maximum atomic E-state index is 4.70. The zero-order valence-electron chi connectivity index (χ0n) is 15.8. The molecule has 3 nitrogen and oxygen atoms in total. The minimum absolute atomic E-state index is 0.811. The molecule has 0 aliphatic carbocycles. The van der Waals surface area contributed by atoms with Crippen LogP contribution in [0.1, 0.15) is 0 Å². The summed E-state index contributed by atoms with van der Waals surface area (Å²) in [7, 11) is 0. The summed E-state index contributed by atoms with van der Waals surface area (Å²) in [6.45, 7) is 0. The van der Waals surface area contributed by atoms with Crippen LogP contribution in [0.25, 0.3) is 39.3 Å². The van der Waals surface area contributed by atoms with E-state index >= 15 is 0 Å². The molecule has 0 saturated heterocycles. The molecule has 2 heterocycles. The molecule has 0 amide bonds. The molecule has 2 aromatic heterocycles. The van der Waals surface area contributed by atoms with Crippen molar-refractivity contribution in [1.29, 1.82) is 0 Å². The lowest BCUT2D eigenvalue weighted by Crippen LogP contribution is -1.97. The van der Waals surface area contributed by atoms with Crippen molar-refractivity contribution in [3.8, 4) is 39.3 Å². The van der Waals surface area contributed by atoms with E-state index in [0.717, 1.165) is 17.1 Å². The summed E-state index contributed by atoms with van der Waals surface area (Å²) in [5, 5.41) is 4.70. The van der Waals surface area contributed by atoms with E-state index in [1.165, 1.54) is 22.3 Å². The number of rotatable bonds is 4. The van der Waals surface area contributed by atoms with Crippen LogP contribution >= 0.6 is 0 Å².